The van der Waals surface area contributed by atoms with Gasteiger partial charge in [-0.1, -0.05) is 36.5 Å². The average Bonchev–Trinajstić information content (AvgIpc) is 2.39. The number of unbranched alkanes of at least 4 members (excludes halogenated alkanes) is 1. The quantitative estimate of drug-likeness (QED) is 0.787. The summed E-state index contributed by atoms with van der Waals surface area (Å²) in [7, 11) is -2.50. The van der Waals surface area contributed by atoms with Crippen molar-refractivity contribution in [2.45, 2.75) is 19.8 Å². The number of hydrogen-bond donors (Lipinski definition) is 2. The number of carboxylic acid groups (broad SMARTS) is 1. The molecule has 0 amide bonds. The highest BCUT2D eigenvalue weighted by Crippen LogP contribution is 2.32. The molecule has 1 rings (SSSR count). The number of nitrogens with zero attached hydrogens (tertiary/aromatic N) is 1. The van der Waals surface area contributed by atoms with Gasteiger partial charge in [-0.25, -0.2) is 4.79 Å². The molecule has 1 aromatic carbocycles. The van der Waals surface area contributed by atoms with E-state index < -0.39 is 16.2 Å². The first-order valence-corrected chi connectivity index (χ1v) is 8.35. The minimum atomic E-state index is -3.90. The topological polar surface area (TPSA) is 86.7 Å². The number of carboxylic acids is 1. The van der Waals surface area contributed by atoms with Crippen molar-refractivity contribution in [3.05, 3.63) is 27.7 Å². The van der Waals surface area contributed by atoms with E-state index in [1.54, 1.807) is 0 Å². The van der Waals surface area contributed by atoms with Crippen molar-refractivity contribution in [3.63, 3.8) is 0 Å². The van der Waals surface area contributed by atoms with Crippen molar-refractivity contribution in [1.29, 1.82) is 0 Å². The maximum Gasteiger partial charge on any atom is 0.339 e. The van der Waals surface area contributed by atoms with Crippen LogP contribution in [-0.4, -0.2) is 37.4 Å². The molecule has 9 heteroatoms. The van der Waals surface area contributed by atoms with E-state index >= 15 is 0 Å². The number of hydrogen-bond acceptors (Lipinski definition) is 3. The molecule has 0 aliphatic carbocycles. The van der Waals surface area contributed by atoms with Gasteiger partial charge in [0.15, 0.2) is 0 Å². The molecule has 0 saturated carbocycles. The third-order valence-electron chi connectivity index (χ3n) is 2.79. The first-order valence-electron chi connectivity index (χ1n) is 6.16. The van der Waals surface area contributed by atoms with E-state index in [2.05, 4.69) is 4.72 Å². The molecule has 0 aliphatic rings. The number of carbonyl (C=O) groups is 1. The van der Waals surface area contributed by atoms with E-state index in [9.17, 15) is 13.2 Å². The Hall–Kier alpha value is -1.02. The summed E-state index contributed by atoms with van der Waals surface area (Å²) in [6.45, 7) is 2.25. The molecule has 0 atom stereocenters. The third-order valence-corrected chi connectivity index (χ3v) is 4.88. The Morgan fingerprint density at radius 1 is 1.33 bits per heavy atom. The SMILES string of the molecule is CCCCN(C)S(=O)(=O)Nc1c(Cl)ccc(Cl)c1C(=O)O. The van der Waals surface area contributed by atoms with Crippen LogP contribution in [-0.2, 0) is 10.2 Å². The molecule has 0 aliphatic heterocycles. The van der Waals surface area contributed by atoms with Gasteiger partial charge in [-0.15, -0.1) is 0 Å². The lowest BCUT2D eigenvalue weighted by Gasteiger charge is -2.19. The monoisotopic (exact) mass is 354 g/mol. The number of benzene rings is 1. The average molecular weight is 355 g/mol. The Bertz CT molecular complexity index is 634. The van der Waals surface area contributed by atoms with Crippen LogP contribution in [0.1, 0.15) is 30.1 Å². The van der Waals surface area contributed by atoms with Gasteiger partial charge >= 0.3 is 16.2 Å². The van der Waals surface area contributed by atoms with Crippen LogP contribution in [0, 0.1) is 0 Å². The lowest BCUT2D eigenvalue weighted by Crippen LogP contribution is -2.33. The second-order valence-corrected chi connectivity index (χ2v) is 6.96. The molecular weight excluding hydrogens is 339 g/mol. The highest BCUT2D eigenvalue weighted by Gasteiger charge is 2.24. The molecule has 21 heavy (non-hydrogen) atoms. The van der Waals surface area contributed by atoms with Crippen LogP contribution in [0.4, 0.5) is 5.69 Å². The summed E-state index contributed by atoms with van der Waals surface area (Å²) in [6, 6.07) is 2.63. The van der Waals surface area contributed by atoms with E-state index in [-0.39, 0.29) is 21.3 Å². The smallest absolute Gasteiger partial charge is 0.339 e. The van der Waals surface area contributed by atoms with Gasteiger partial charge in [0, 0.05) is 13.6 Å². The molecule has 2 N–H and O–H groups in total. The van der Waals surface area contributed by atoms with Crippen molar-refractivity contribution in [1.82, 2.24) is 4.31 Å². The summed E-state index contributed by atoms with van der Waals surface area (Å²) in [6.07, 6.45) is 1.52. The van der Waals surface area contributed by atoms with E-state index in [0.29, 0.717) is 13.0 Å². The van der Waals surface area contributed by atoms with Gasteiger partial charge in [-0.05, 0) is 18.6 Å². The third kappa shape index (κ3) is 4.47. The minimum Gasteiger partial charge on any atom is -0.478 e. The van der Waals surface area contributed by atoms with Gasteiger partial charge < -0.3 is 5.11 Å². The maximum absolute atomic E-state index is 12.2. The van der Waals surface area contributed by atoms with Gasteiger partial charge in [-0.3, -0.25) is 4.72 Å². The predicted molar refractivity (Wildman–Crippen MR) is 83.5 cm³/mol. The van der Waals surface area contributed by atoms with E-state index in [0.717, 1.165) is 10.7 Å². The molecule has 0 radical (unpaired) electrons. The van der Waals surface area contributed by atoms with Gasteiger partial charge in [0.1, 0.15) is 5.56 Å². The fraction of sp³-hybridized carbons (Fsp3) is 0.417. The van der Waals surface area contributed by atoms with Crippen LogP contribution in [0.3, 0.4) is 0 Å². The lowest BCUT2D eigenvalue weighted by atomic mass is 10.2. The molecule has 0 fully saturated rings. The Kier molecular flexibility index (Phi) is 6.27. The molecule has 0 heterocycles. The number of aromatic carboxylic acids is 1. The molecule has 0 spiro atoms. The Morgan fingerprint density at radius 2 is 1.90 bits per heavy atom. The second-order valence-electron chi connectivity index (χ2n) is 4.37. The van der Waals surface area contributed by atoms with Crippen molar-refractivity contribution >= 4 is 45.1 Å². The standard InChI is InChI=1S/C12H16Cl2N2O4S/c1-3-4-7-16(2)21(19,20)15-11-9(14)6-5-8(13)10(11)12(17)18/h5-6,15H,3-4,7H2,1-2H3,(H,17,18). The van der Waals surface area contributed by atoms with Crippen molar-refractivity contribution in [2.75, 3.05) is 18.3 Å². The highest BCUT2D eigenvalue weighted by molar-refractivity contribution is 7.90. The molecule has 0 aromatic heterocycles. The zero-order chi connectivity index (χ0) is 16.2. The van der Waals surface area contributed by atoms with Crippen molar-refractivity contribution < 1.29 is 18.3 Å². The molecule has 118 valence electrons. The summed E-state index contributed by atoms with van der Waals surface area (Å²) < 4.78 is 27.6. The minimum absolute atomic E-state index is 0.0377. The van der Waals surface area contributed by atoms with Crippen LogP contribution < -0.4 is 4.72 Å². The Labute approximate surface area is 133 Å². The van der Waals surface area contributed by atoms with Gasteiger partial charge in [0.05, 0.1) is 15.7 Å². The maximum atomic E-state index is 12.2. The van der Waals surface area contributed by atoms with Crippen LogP contribution in [0.15, 0.2) is 12.1 Å². The summed E-state index contributed by atoms with van der Waals surface area (Å²) in [5.74, 6) is -1.36. The Balaban J connectivity index is 3.18. The van der Waals surface area contributed by atoms with Crippen LogP contribution in [0.5, 0.6) is 0 Å². The van der Waals surface area contributed by atoms with E-state index in [1.165, 1.54) is 19.2 Å². The van der Waals surface area contributed by atoms with Crippen LogP contribution >= 0.6 is 23.2 Å². The summed E-state index contributed by atoms with van der Waals surface area (Å²) in [5, 5.41) is 9.02. The molecule has 0 saturated heterocycles. The molecular formula is C12H16Cl2N2O4S. The number of nitrogens with one attached hydrogen (secondary N) is 1. The first kappa shape index (κ1) is 18.0. The predicted octanol–water partition coefficient (Wildman–Crippen LogP) is 3.08. The molecule has 6 nitrogen and oxygen atoms in total. The fourth-order valence-electron chi connectivity index (χ4n) is 1.57. The lowest BCUT2D eigenvalue weighted by molar-refractivity contribution is 0.0698. The summed E-state index contributed by atoms with van der Waals surface area (Å²) >= 11 is 11.7. The van der Waals surface area contributed by atoms with Gasteiger partial charge in [0.25, 0.3) is 0 Å². The highest BCUT2D eigenvalue weighted by atomic mass is 35.5. The number of rotatable bonds is 7. The number of anilines is 1. The van der Waals surface area contributed by atoms with Crippen molar-refractivity contribution in [2.24, 2.45) is 0 Å². The molecule has 0 unspecified atom stereocenters. The molecule has 0 bridgehead atoms. The van der Waals surface area contributed by atoms with Crippen LogP contribution in [0.25, 0.3) is 0 Å². The molecule has 1 aromatic rings. The van der Waals surface area contributed by atoms with Crippen molar-refractivity contribution in [3.8, 4) is 0 Å². The fourth-order valence-corrected chi connectivity index (χ4v) is 3.06. The van der Waals surface area contributed by atoms with Crippen LogP contribution in [0.2, 0.25) is 10.0 Å². The zero-order valence-electron chi connectivity index (χ0n) is 11.6. The van der Waals surface area contributed by atoms with E-state index in [1.807, 2.05) is 6.92 Å². The summed E-state index contributed by atoms with van der Waals surface area (Å²) in [5.41, 5.74) is -0.614. The second kappa shape index (κ2) is 7.31. The largest absolute Gasteiger partial charge is 0.478 e. The van der Waals surface area contributed by atoms with Gasteiger partial charge in [-0.2, -0.15) is 12.7 Å². The first-order chi connectivity index (χ1) is 9.70. The summed E-state index contributed by atoms with van der Waals surface area (Å²) in [4.78, 5) is 11.2. The normalized spacial score (nSPS) is 11.7. The Morgan fingerprint density at radius 3 is 2.43 bits per heavy atom. The van der Waals surface area contributed by atoms with Gasteiger partial charge in [0.2, 0.25) is 0 Å². The zero-order valence-corrected chi connectivity index (χ0v) is 13.9. The number of halogens is 2. The van der Waals surface area contributed by atoms with E-state index in [4.69, 9.17) is 28.3 Å².